The van der Waals surface area contributed by atoms with Gasteiger partial charge in [0.15, 0.2) is 0 Å². The zero-order valence-electron chi connectivity index (χ0n) is 13.1. The van der Waals surface area contributed by atoms with Crippen LogP contribution < -0.4 is 4.90 Å². The summed E-state index contributed by atoms with van der Waals surface area (Å²) >= 11 is 0. The van der Waals surface area contributed by atoms with E-state index in [9.17, 15) is 4.79 Å². The summed E-state index contributed by atoms with van der Waals surface area (Å²) in [5.74, 6) is 1.17. The third-order valence-electron chi connectivity index (χ3n) is 4.00. The molecule has 5 nitrogen and oxygen atoms in total. The first-order valence-electron chi connectivity index (χ1n) is 7.88. The molecule has 0 unspecified atom stereocenters. The number of hydrogen-bond acceptors (Lipinski definition) is 5. The maximum atomic E-state index is 12.0. The van der Waals surface area contributed by atoms with Crippen LogP contribution in [0.3, 0.4) is 0 Å². The molecule has 1 aliphatic rings. The number of aromatic nitrogens is 2. The van der Waals surface area contributed by atoms with Crippen LogP contribution in [0.1, 0.15) is 37.3 Å². The number of hydrogen-bond donors (Lipinski definition) is 0. The first-order valence-corrected chi connectivity index (χ1v) is 7.88. The highest BCUT2D eigenvalue weighted by Crippen LogP contribution is 2.28. The van der Waals surface area contributed by atoms with E-state index in [-0.39, 0.29) is 5.82 Å². The summed E-state index contributed by atoms with van der Waals surface area (Å²) in [7, 11) is 0. The van der Waals surface area contributed by atoms with E-state index < -0.39 is 5.97 Å². The Hall–Kier alpha value is -2.17. The predicted octanol–water partition coefficient (Wildman–Crippen LogP) is 3.04. The van der Waals surface area contributed by atoms with Crippen molar-refractivity contribution in [2.24, 2.45) is 5.92 Å². The lowest BCUT2D eigenvalue weighted by Gasteiger charge is -2.32. The lowest BCUT2D eigenvalue weighted by molar-refractivity contribution is 0.0512. The monoisotopic (exact) mass is 299 g/mol. The molecule has 1 saturated heterocycles. The number of para-hydroxylation sites is 1. The topological polar surface area (TPSA) is 55.3 Å². The molecule has 5 heteroatoms. The van der Waals surface area contributed by atoms with Gasteiger partial charge < -0.3 is 9.64 Å². The summed E-state index contributed by atoms with van der Waals surface area (Å²) in [6, 6.07) is 7.83. The van der Waals surface area contributed by atoms with Crippen molar-refractivity contribution < 1.29 is 9.53 Å². The predicted molar refractivity (Wildman–Crippen MR) is 86.1 cm³/mol. The highest BCUT2D eigenvalue weighted by atomic mass is 16.5. The maximum absolute atomic E-state index is 12.0. The van der Waals surface area contributed by atoms with Crippen molar-refractivity contribution in [3.63, 3.8) is 0 Å². The van der Waals surface area contributed by atoms with Crippen LogP contribution in [0.5, 0.6) is 0 Å². The van der Waals surface area contributed by atoms with Crippen molar-refractivity contribution in [2.45, 2.75) is 26.7 Å². The number of esters is 1. The molecule has 0 radical (unpaired) electrons. The standard InChI is InChI=1S/C17H21N3O2/c1-3-22-17(21)15-18-14-9-5-4-8-13(14)16(19-15)20-10-6-7-12(2)11-20/h4-5,8-9,12H,3,6-7,10-11H2,1-2H3/t12-/m1/s1. The van der Waals surface area contributed by atoms with Gasteiger partial charge in [0.05, 0.1) is 12.1 Å². The van der Waals surface area contributed by atoms with Crippen molar-refractivity contribution in [3.05, 3.63) is 30.1 Å². The molecule has 1 atom stereocenters. The zero-order chi connectivity index (χ0) is 15.5. The van der Waals surface area contributed by atoms with Gasteiger partial charge in [-0.15, -0.1) is 0 Å². The fourth-order valence-corrected chi connectivity index (χ4v) is 2.97. The fraction of sp³-hybridized carbons (Fsp3) is 0.471. The second kappa shape index (κ2) is 6.30. The molecule has 1 aromatic heterocycles. The van der Waals surface area contributed by atoms with Crippen LogP contribution in [0.15, 0.2) is 24.3 Å². The summed E-state index contributed by atoms with van der Waals surface area (Å²) in [5.41, 5.74) is 0.786. The number of piperidine rings is 1. The molecule has 2 aromatic rings. The minimum absolute atomic E-state index is 0.147. The van der Waals surface area contributed by atoms with E-state index in [4.69, 9.17) is 4.74 Å². The van der Waals surface area contributed by atoms with Gasteiger partial charge in [0.25, 0.3) is 0 Å². The van der Waals surface area contributed by atoms with Gasteiger partial charge in [-0.25, -0.2) is 14.8 Å². The highest BCUT2D eigenvalue weighted by Gasteiger charge is 2.22. The Morgan fingerprint density at radius 3 is 2.95 bits per heavy atom. The lowest BCUT2D eigenvalue weighted by atomic mass is 10.00. The van der Waals surface area contributed by atoms with Crippen LogP contribution in [0, 0.1) is 5.92 Å². The number of rotatable bonds is 3. The Balaban J connectivity index is 2.07. The molecular formula is C17H21N3O2. The average Bonchev–Trinajstić information content (AvgIpc) is 2.54. The van der Waals surface area contributed by atoms with Gasteiger partial charge in [0.2, 0.25) is 5.82 Å². The summed E-state index contributed by atoms with van der Waals surface area (Å²) in [5, 5.41) is 0.990. The molecule has 1 aliphatic heterocycles. The van der Waals surface area contributed by atoms with Crippen LogP contribution in [0.4, 0.5) is 5.82 Å². The van der Waals surface area contributed by atoms with Crippen molar-refractivity contribution in [1.82, 2.24) is 9.97 Å². The molecule has 3 rings (SSSR count). The largest absolute Gasteiger partial charge is 0.460 e. The Kier molecular flexibility index (Phi) is 4.22. The molecule has 0 spiro atoms. The molecule has 22 heavy (non-hydrogen) atoms. The van der Waals surface area contributed by atoms with Gasteiger partial charge in [0.1, 0.15) is 5.82 Å². The van der Waals surface area contributed by atoms with Crippen LogP contribution in [0.25, 0.3) is 10.9 Å². The summed E-state index contributed by atoms with van der Waals surface area (Å²) in [6.07, 6.45) is 2.39. The van der Waals surface area contributed by atoms with E-state index in [1.54, 1.807) is 6.92 Å². The molecule has 116 valence electrons. The highest BCUT2D eigenvalue weighted by molar-refractivity contribution is 5.94. The third kappa shape index (κ3) is 2.89. The first-order chi connectivity index (χ1) is 10.7. The normalized spacial score (nSPS) is 18.5. The maximum Gasteiger partial charge on any atom is 0.376 e. The number of anilines is 1. The molecule has 0 amide bonds. The summed E-state index contributed by atoms with van der Waals surface area (Å²) in [4.78, 5) is 23.2. The van der Waals surface area contributed by atoms with Crippen molar-refractivity contribution >= 4 is 22.7 Å². The van der Waals surface area contributed by atoms with Gasteiger partial charge in [-0.3, -0.25) is 0 Å². The quantitative estimate of drug-likeness (QED) is 0.815. The number of carbonyl (C=O) groups is 1. The minimum atomic E-state index is -0.459. The summed E-state index contributed by atoms with van der Waals surface area (Å²) < 4.78 is 5.06. The Morgan fingerprint density at radius 1 is 1.36 bits per heavy atom. The van der Waals surface area contributed by atoms with Crippen molar-refractivity contribution in [1.29, 1.82) is 0 Å². The second-order valence-electron chi connectivity index (χ2n) is 5.80. The average molecular weight is 299 g/mol. The second-order valence-corrected chi connectivity index (χ2v) is 5.80. The van der Waals surface area contributed by atoms with Crippen LogP contribution in [-0.4, -0.2) is 35.6 Å². The molecule has 0 aliphatic carbocycles. The number of nitrogens with zero attached hydrogens (tertiary/aromatic N) is 3. The van der Waals surface area contributed by atoms with Crippen molar-refractivity contribution in [2.75, 3.05) is 24.6 Å². The lowest BCUT2D eigenvalue weighted by Crippen LogP contribution is -2.35. The van der Waals surface area contributed by atoms with E-state index >= 15 is 0 Å². The minimum Gasteiger partial charge on any atom is -0.460 e. The number of carbonyl (C=O) groups excluding carboxylic acids is 1. The van der Waals surface area contributed by atoms with E-state index in [2.05, 4.69) is 21.8 Å². The number of benzene rings is 1. The molecule has 1 fully saturated rings. The van der Waals surface area contributed by atoms with Gasteiger partial charge in [-0.2, -0.15) is 0 Å². The molecule has 2 heterocycles. The molecule has 0 N–H and O–H groups in total. The van der Waals surface area contributed by atoms with E-state index in [0.29, 0.717) is 12.5 Å². The Labute approximate surface area is 130 Å². The van der Waals surface area contributed by atoms with E-state index in [1.165, 1.54) is 6.42 Å². The van der Waals surface area contributed by atoms with Crippen molar-refractivity contribution in [3.8, 4) is 0 Å². The molecule has 0 saturated carbocycles. The van der Waals surface area contributed by atoms with Crippen LogP contribution in [-0.2, 0) is 4.74 Å². The number of fused-ring (bicyclic) bond motifs is 1. The van der Waals surface area contributed by atoms with Gasteiger partial charge >= 0.3 is 5.97 Å². The fourth-order valence-electron chi connectivity index (χ4n) is 2.97. The van der Waals surface area contributed by atoms with Crippen LogP contribution >= 0.6 is 0 Å². The Morgan fingerprint density at radius 2 is 2.18 bits per heavy atom. The molecular weight excluding hydrogens is 278 g/mol. The van der Waals surface area contributed by atoms with E-state index in [1.807, 2.05) is 24.3 Å². The van der Waals surface area contributed by atoms with Crippen LogP contribution in [0.2, 0.25) is 0 Å². The molecule has 1 aromatic carbocycles. The molecule has 0 bridgehead atoms. The smallest absolute Gasteiger partial charge is 0.376 e. The first kappa shape index (κ1) is 14.8. The summed E-state index contributed by atoms with van der Waals surface area (Å²) in [6.45, 7) is 6.29. The third-order valence-corrected chi connectivity index (χ3v) is 4.00. The number of ether oxygens (including phenoxy) is 1. The zero-order valence-corrected chi connectivity index (χ0v) is 13.1. The van der Waals surface area contributed by atoms with E-state index in [0.717, 1.165) is 36.2 Å². The van der Waals surface area contributed by atoms with Gasteiger partial charge in [0, 0.05) is 18.5 Å². The SMILES string of the molecule is CCOC(=O)c1nc(N2CCC[C@@H](C)C2)c2ccccc2n1. The van der Waals surface area contributed by atoms with Gasteiger partial charge in [-0.1, -0.05) is 19.1 Å². The Bertz CT molecular complexity index is 687. The van der Waals surface area contributed by atoms with Gasteiger partial charge in [-0.05, 0) is 37.8 Å².